The number of nitrogens with zero attached hydrogens (tertiary/aromatic N) is 6. The Bertz CT molecular complexity index is 5020. The molecule has 0 bridgehead atoms. The van der Waals surface area contributed by atoms with Crippen LogP contribution in [0.1, 0.15) is 159 Å². The van der Waals surface area contributed by atoms with Gasteiger partial charge in [0.25, 0.3) is 0 Å². The van der Waals surface area contributed by atoms with Crippen LogP contribution in [0, 0.1) is 20.8 Å². The van der Waals surface area contributed by atoms with Crippen molar-refractivity contribution in [3.63, 3.8) is 0 Å². The Balaban J connectivity index is 0.949. The monoisotopic (exact) mass is 1210 g/mol. The van der Waals surface area contributed by atoms with Gasteiger partial charge in [0.05, 0.1) is 11.1 Å². The van der Waals surface area contributed by atoms with Gasteiger partial charge in [0.15, 0.2) is 0 Å². The fraction of sp³-hybridized carbons (Fsp3) is 0.322. The Kier molecular flexibility index (Phi) is 13.3. The molecule has 0 amide bonds. The van der Waals surface area contributed by atoms with E-state index in [1.165, 1.54) is 190 Å². The zero-order valence-corrected chi connectivity index (χ0v) is 56.0. The van der Waals surface area contributed by atoms with Crippen molar-refractivity contribution in [2.24, 2.45) is 0 Å². The number of fused-ring (bicyclic) bond motifs is 8. The van der Waals surface area contributed by atoms with Gasteiger partial charge in [0.2, 0.25) is 0 Å². The number of benzene rings is 9. The largest absolute Gasteiger partial charge is 0.340 e. The smallest absolute Gasteiger partial charge is 0.0517 e. The topological polar surface area (TPSA) is 48.4 Å². The van der Waals surface area contributed by atoms with Gasteiger partial charge in [-0.2, -0.15) is 0 Å². The van der Waals surface area contributed by atoms with Gasteiger partial charge >= 0.3 is 0 Å². The summed E-state index contributed by atoms with van der Waals surface area (Å²) in [5.41, 5.74) is 25.1. The SMILES string of the molecule is CCCCCCC1(C)CN(c2ccnc(C)c2)c2ccc(-c3cc(-c4ccc5c(c4)C4(C)CCCCC4(C)N5c4ccnc(C)c4)c4ccc5c(-c6ccc7c(c6)C6(C)CCCCC6(C)N7c6ccnc(C)c6)cc(-c6cccc7ccccc67)c6ccc3c4c56)cc21. The zero-order valence-electron chi connectivity index (χ0n) is 56.0. The summed E-state index contributed by atoms with van der Waals surface area (Å²) in [7, 11) is 0. The first-order valence-electron chi connectivity index (χ1n) is 35.0. The quantitative estimate of drug-likeness (QED) is 0.0897. The summed E-state index contributed by atoms with van der Waals surface area (Å²) in [4.78, 5) is 22.1. The van der Waals surface area contributed by atoms with E-state index in [4.69, 9.17) is 9.97 Å². The van der Waals surface area contributed by atoms with Crippen molar-refractivity contribution >= 4 is 77.2 Å². The van der Waals surface area contributed by atoms with Crippen molar-refractivity contribution < 1.29 is 0 Å². The minimum atomic E-state index is -0.0976. The molecule has 93 heavy (non-hydrogen) atoms. The minimum absolute atomic E-state index is 0.0529. The maximum atomic E-state index is 4.70. The molecule has 2 saturated carbocycles. The third-order valence-electron chi connectivity index (χ3n) is 24.6. The molecule has 3 aliphatic heterocycles. The highest BCUT2D eigenvalue weighted by Gasteiger charge is 2.59. The summed E-state index contributed by atoms with van der Waals surface area (Å²) in [6.45, 7) is 22.5. The van der Waals surface area contributed by atoms with Crippen molar-refractivity contribution in [1.82, 2.24) is 15.0 Å². The second kappa shape index (κ2) is 21.3. The van der Waals surface area contributed by atoms with Gasteiger partial charge in [-0.05, 0) is 256 Å². The van der Waals surface area contributed by atoms with E-state index in [1.807, 2.05) is 18.6 Å². The summed E-state index contributed by atoms with van der Waals surface area (Å²) >= 11 is 0. The lowest BCUT2D eigenvalue weighted by molar-refractivity contribution is 0.195. The number of aromatic nitrogens is 3. The number of pyridine rings is 3. The molecule has 0 saturated heterocycles. The van der Waals surface area contributed by atoms with E-state index >= 15 is 0 Å². The van der Waals surface area contributed by atoms with Gasteiger partial charge in [-0.15, -0.1) is 0 Å². The van der Waals surface area contributed by atoms with Crippen molar-refractivity contribution in [2.75, 3.05) is 21.2 Å². The van der Waals surface area contributed by atoms with Crippen molar-refractivity contribution in [1.29, 1.82) is 0 Å². The molecule has 2 aliphatic carbocycles. The van der Waals surface area contributed by atoms with Crippen LogP contribution >= 0.6 is 0 Å². The molecule has 9 aromatic carbocycles. The molecule has 5 unspecified atom stereocenters. The lowest BCUT2D eigenvalue weighted by atomic mass is 9.61. The number of aryl methyl sites for hydroxylation is 3. The fourth-order valence-electron chi connectivity index (χ4n) is 19.4. The van der Waals surface area contributed by atoms with Gasteiger partial charge in [-0.1, -0.05) is 164 Å². The maximum Gasteiger partial charge on any atom is 0.0517 e. The Morgan fingerprint density at radius 3 is 1.39 bits per heavy atom. The summed E-state index contributed by atoms with van der Waals surface area (Å²) in [5, 5.41) is 10.4. The van der Waals surface area contributed by atoms with E-state index in [1.54, 1.807) is 0 Å². The van der Waals surface area contributed by atoms with Crippen molar-refractivity contribution in [3.05, 3.63) is 222 Å². The van der Waals surface area contributed by atoms with Crippen LogP contribution in [0.15, 0.2) is 188 Å². The van der Waals surface area contributed by atoms with Crippen LogP contribution in [-0.2, 0) is 16.2 Å². The molecule has 6 nitrogen and oxygen atoms in total. The number of hydrogen-bond acceptors (Lipinski definition) is 6. The lowest BCUT2D eigenvalue weighted by Gasteiger charge is -2.50. The highest BCUT2D eigenvalue weighted by molar-refractivity contribution is 6.32. The van der Waals surface area contributed by atoms with Crippen molar-refractivity contribution in [3.8, 4) is 44.5 Å². The van der Waals surface area contributed by atoms with Crippen LogP contribution in [0.5, 0.6) is 0 Å². The molecule has 12 aromatic rings. The molecule has 0 radical (unpaired) electrons. The standard InChI is InChI=1S/C87H86N6/c1-10-11-12-15-38-83(5)54-91(62-35-43-88-55(2)46-62)78-32-25-59(49-75(78)83)71-52-72(60-26-33-79-76(50-60)84(6)39-16-18-41-86(84,8)92(79)63-36-44-89-56(3)47-63)67-28-29-69-73(53-74(70-31-30-68(71)81(67)82(69)70)66-24-20-22-58-21-13-14-23-65(58)66)61-27-34-80-77(51-61)85(7)40-17-19-42-87(85,9)93(80)64-37-45-90-57(4)48-64/h13-14,20-37,43-53H,10-12,15-19,38-42,54H2,1-9H3. The van der Waals surface area contributed by atoms with E-state index in [2.05, 4.69) is 252 Å². The molecule has 6 heterocycles. The van der Waals surface area contributed by atoms with Crippen molar-refractivity contribution in [2.45, 2.75) is 173 Å². The molecule has 6 heteroatoms. The van der Waals surface area contributed by atoms with E-state index in [9.17, 15) is 0 Å². The molecular weight excluding hydrogens is 1130 g/mol. The van der Waals surface area contributed by atoms with Crippen LogP contribution in [0.4, 0.5) is 34.1 Å². The van der Waals surface area contributed by atoms with E-state index in [-0.39, 0.29) is 27.3 Å². The first-order valence-corrected chi connectivity index (χ1v) is 35.0. The fourth-order valence-corrected chi connectivity index (χ4v) is 19.4. The van der Waals surface area contributed by atoms with Gasteiger partial charge in [0, 0.05) is 92.6 Å². The predicted octanol–water partition coefficient (Wildman–Crippen LogP) is 23.4. The number of unbranched alkanes of at least 4 members (excludes halogenated alkanes) is 3. The van der Waals surface area contributed by atoms with Crippen LogP contribution in [-0.4, -0.2) is 32.6 Å². The first-order chi connectivity index (χ1) is 45.1. The Morgan fingerprint density at radius 2 is 0.849 bits per heavy atom. The van der Waals surface area contributed by atoms with Crippen LogP contribution < -0.4 is 14.7 Å². The Hall–Kier alpha value is -8.87. The molecule has 17 rings (SSSR count). The normalized spacial score (nSPS) is 23.1. The Morgan fingerprint density at radius 1 is 0.387 bits per heavy atom. The zero-order chi connectivity index (χ0) is 63.3. The third-order valence-corrected chi connectivity index (χ3v) is 24.6. The van der Waals surface area contributed by atoms with Crippen LogP contribution in [0.25, 0.3) is 87.6 Å². The van der Waals surface area contributed by atoms with Crippen LogP contribution in [0.3, 0.4) is 0 Å². The third kappa shape index (κ3) is 8.54. The van der Waals surface area contributed by atoms with Gasteiger partial charge in [-0.25, -0.2) is 0 Å². The molecule has 3 aromatic heterocycles. The van der Waals surface area contributed by atoms with E-state index < -0.39 is 0 Å². The minimum Gasteiger partial charge on any atom is -0.340 e. The highest BCUT2D eigenvalue weighted by Crippen LogP contribution is 2.64. The molecule has 2 fully saturated rings. The summed E-state index contributed by atoms with van der Waals surface area (Å²) in [6.07, 6.45) is 21.6. The molecular formula is C87H86N6. The molecule has 5 aliphatic rings. The summed E-state index contributed by atoms with van der Waals surface area (Å²) in [6, 6.07) is 67.4. The average Bonchev–Trinajstić information content (AvgIpc) is 1.69. The number of hydrogen-bond donors (Lipinski definition) is 0. The Labute approximate surface area is 550 Å². The molecule has 5 atom stereocenters. The molecule has 0 N–H and O–H groups in total. The molecule has 0 spiro atoms. The van der Waals surface area contributed by atoms with E-state index in [0.29, 0.717) is 0 Å². The lowest BCUT2D eigenvalue weighted by Crippen LogP contribution is -2.54. The first kappa shape index (κ1) is 58.0. The van der Waals surface area contributed by atoms with E-state index in [0.717, 1.165) is 55.7 Å². The number of anilines is 6. The second-order valence-corrected chi connectivity index (χ2v) is 30.0. The summed E-state index contributed by atoms with van der Waals surface area (Å²) < 4.78 is 0. The summed E-state index contributed by atoms with van der Waals surface area (Å²) in [5.74, 6) is 0. The van der Waals surface area contributed by atoms with Gasteiger partial charge < -0.3 is 14.7 Å². The second-order valence-electron chi connectivity index (χ2n) is 30.0. The van der Waals surface area contributed by atoms with Crippen LogP contribution in [0.2, 0.25) is 0 Å². The van der Waals surface area contributed by atoms with Gasteiger partial charge in [-0.3, -0.25) is 15.0 Å². The number of rotatable bonds is 12. The predicted molar refractivity (Wildman–Crippen MR) is 392 cm³/mol. The highest BCUT2D eigenvalue weighted by atomic mass is 15.3. The molecule has 464 valence electrons. The van der Waals surface area contributed by atoms with Gasteiger partial charge in [0.1, 0.15) is 0 Å². The maximum absolute atomic E-state index is 4.70. The average molecular weight is 1220 g/mol.